The van der Waals surface area contributed by atoms with Crippen LogP contribution in [-0.2, 0) is 28.6 Å². The van der Waals surface area contributed by atoms with Crippen LogP contribution in [0.15, 0.2) is 72.9 Å². The van der Waals surface area contributed by atoms with Crippen molar-refractivity contribution < 1.29 is 28.6 Å². The number of rotatable bonds is 64. The van der Waals surface area contributed by atoms with Gasteiger partial charge in [-0.1, -0.05) is 338 Å². The molecule has 0 aromatic carbocycles. The molecule has 1 unspecified atom stereocenters. The van der Waals surface area contributed by atoms with Crippen molar-refractivity contribution in [2.24, 2.45) is 0 Å². The summed E-state index contributed by atoms with van der Waals surface area (Å²) in [5.41, 5.74) is 0. The smallest absolute Gasteiger partial charge is 0.306 e. The molecule has 0 bridgehead atoms. The van der Waals surface area contributed by atoms with E-state index in [1.54, 1.807) is 0 Å². The Bertz CT molecular complexity index is 1470. The highest BCUT2D eigenvalue weighted by Gasteiger charge is 2.19. The standard InChI is InChI=1S/C74H132O6/c1-4-7-10-13-16-19-22-24-26-28-29-30-31-32-33-34-35-36-37-38-39-40-41-42-43-44-46-47-49-52-55-58-61-64-67-73(76)79-70-71(69-78-72(75)66-63-60-57-54-51-21-18-15-12-9-6-3)80-74(77)68-65-62-59-56-53-50-48-45-27-25-23-20-17-14-11-8-5-2/h8,11,15,17-18,20,25,27,48,50,56,59,71H,4-7,9-10,12-14,16,19,21-24,26,28-47,49,51-55,57-58,60-70H2,1-3H3/b11-8-,18-15-,20-17-,27-25-,50-48-,59-56-. The van der Waals surface area contributed by atoms with Gasteiger partial charge in [-0.15, -0.1) is 0 Å². The van der Waals surface area contributed by atoms with Gasteiger partial charge in [0, 0.05) is 19.3 Å². The van der Waals surface area contributed by atoms with Gasteiger partial charge >= 0.3 is 17.9 Å². The van der Waals surface area contributed by atoms with E-state index in [0.29, 0.717) is 19.3 Å². The van der Waals surface area contributed by atoms with Gasteiger partial charge in [0.2, 0.25) is 0 Å². The van der Waals surface area contributed by atoms with Crippen LogP contribution < -0.4 is 0 Å². The first kappa shape index (κ1) is 76.9. The predicted octanol–water partition coefficient (Wildman–Crippen LogP) is 24.1. The van der Waals surface area contributed by atoms with Crippen LogP contribution in [-0.4, -0.2) is 37.2 Å². The summed E-state index contributed by atoms with van der Waals surface area (Å²) in [6, 6.07) is 0. The fourth-order valence-electron chi connectivity index (χ4n) is 10.2. The maximum absolute atomic E-state index is 12.9. The maximum Gasteiger partial charge on any atom is 0.306 e. The first-order chi connectivity index (χ1) is 39.5. The zero-order valence-corrected chi connectivity index (χ0v) is 53.3. The number of unbranched alkanes of at least 4 members (excludes halogenated alkanes) is 41. The molecule has 0 N–H and O–H groups in total. The van der Waals surface area contributed by atoms with E-state index in [0.717, 1.165) is 89.9 Å². The Morgan fingerprint density at radius 2 is 0.512 bits per heavy atom. The fraction of sp³-hybridized carbons (Fsp3) is 0.797. The molecule has 0 aliphatic heterocycles. The van der Waals surface area contributed by atoms with Crippen LogP contribution in [0.3, 0.4) is 0 Å². The molecule has 0 amide bonds. The van der Waals surface area contributed by atoms with E-state index in [9.17, 15) is 14.4 Å². The molecule has 0 radical (unpaired) electrons. The van der Waals surface area contributed by atoms with Crippen LogP contribution in [0, 0.1) is 0 Å². The summed E-state index contributed by atoms with van der Waals surface area (Å²) in [4.78, 5) is 38.2. The summed E-state index contributed by atoms with van der Waals surface area (Å²) >= 11 is 0. The maximum atomic E-state index is 12.9. The SMILES string of the molecule is CC/C=C\C/C=C\C/C=C\C/C=C\C/C=C\CCCC(=O)OC(COC(=O)CCCCCCC/C=C\CCCC)COC(=O)CCCCCCCCCCCCCCCCCCCCCCCCCCCCCCCCCCCC. The average Bonchev–Trinajstić information content (AvgIpc) is 3.46. The van der Waals surface area contributed by atoms with E-state index in [4.69, 9.17) is 14.2 Å². The van der Waals surface area contributed by atoms with Crippen molar-refractivity contribution in [3.8, 4) is 0 Å². The van der Waals surface area contributed by atoms with Gasteiger partial charge in [-0.2, -0.15) is 0 Å². The second-order valence-electron chi connectivity index (χ2n) is 23.4. The Morgan fingerprint density at radius 3 is 0.850 bits per heavy atom. The molecule has 0 saturated heterocycles. The average molecular weight is 1120 g/mol. The summed E-state index contributed by atoms with van der Waals surface area (Å²) in [5.74, 6) is -0.953. The molecular formula is C74H132O6. The second-order valence-corrected chi connectivity index (χ2v) is 23.4. The molecule has 6 nitrogen and oxygen atoms in total. The highest BCUT2D eigenvalue weighted by molar-refractivity contribution is 5.71. The highest BCUT2D eigenvalue weighted by Crippen LogP contribution is 2.18. The van der Waals surface area contributed by atoms with Crippen molar-refractivity contribution in [1.82, 2.24) is 0 Å². The molecule has 0 spiro atoms. The highest BCUT2D eigenvalue weighted by atomic mass is 16.6. The zero-order chi connectivity index (χ0) is 57.8. The first-order valence-electron chi connectivity index (χ1n) is 34.9. The van der Waals surface area contributed by atoms with E-state index in [-0.39, 0.29) is 37.5 Å². The fourth-order valence-corrected chi connectivity index (χ4v) is 10.2. The molecule has 464 valence electrons. The molecule has 6 heteroatoms. The molecular weight excluding hydrogens is 985 g/mol. The lowest BCUT2D eigenvalue weighted by molar-refractivity contribution is -0.167. The van der Waals surface area contributed by atoms with Gasteiger partial charge in [-0.05, 0) is 77.0 Å². The van der Waals surface area contributed by atoms with E-state index in [1.165, 1.54) is 225 Å². The van der Waals surface area contributed by atoms with Crippen LogP contribution in [0.1, 0.15) is 361 Å². The minimum Gasteiger partial charge on any atom is -0.462 e. The zero-order valence-electron chi connectivity index (χ0n) is 53.3. The minimum absolute atomic E-state index is 0.0980. The van der Waals surface area contributed by atoms with E-state index in [2.05, 4.69) is 93.7 Å². The molecule has 0 rings (SSSR count). The number of carbonyl (C=O) groups is 3. The van der Waals surface area contributed by atoms with Crippen molar-refractivity contribution in [1.29, 1.82) is 0 Å². The molecule has 0 saturated carbocycles. The Labute approximate surface area is 497 Å². The van der Waals surface area contributed by atoms with E-state index < -0.39 is 6.10 Å². The van der Waals surface area contributed by atoms with Crippen LogP contribution in [0.4, 0.5) is 0 Å². The third kappa shape index (κ3) is 65.7. The quantitative estimate of drug-likeness (QED) is 0.0261. The number of esters is 3. The van der Waals surface area contributed by atoms with Crippen LogP contribution in [0.25, 0.3) is 0 Å². The molecule has 0 aliphatic carbocycles. The summed E-state index contributed by atoms with van der Waals surface area (Å²) in [6.45, 7) is 6.48. The van der Waals surface area contributed by atoms with Crippen molar-refractivity contribution in [2.75, 3.05) is 13.2 Å². The van der Waals surface area contributed by atoms with Crippen molar-refractivity contribution in [3.05, 3.63) is 72.9 Å². The van der Waals surface area contributed by atoms with Crippen LogP contribution in [0.2, 0.25) is 0 Å². The number of hydrogen-bond acceptors (Lipinski definition) is 6. The third-order valence-corrected chi connectivity index (χ3v) is 15.4. The van der Waals surface area contributed by atoms with Gasteiger partial charge in [0.15, 0.2) is 6.10 Å². The third-order valence-electron chi connectivity index (χ3n) is 15.4. The van der Waals surface area contributed by atoms with Crippen LogP contribution >= 0.6 is 0 Å². The lowest BCUT2D eigenvalue weighted by Crippen LogP contribution is -2.30. The van der Waals surface area contributed by atoms with Gasteiger partial charge in [-0.25, -0.2) is 0 Å². The summed E-state index contributed by atoms with van der Waals surface area (Å²) in [5, 5.41) is 0. The van der Waals surface area contributed by atoms with Crippen molar-refractivity contribution >= 4 is 17.9 Å². The minimum atomic E-state index is -0.808. The monoisotopic (exact) mass is 1120 g/mol. The van der Waals surface area contributed by atoms with E-state index in [1.807, 2.05) is 0 Å². The lowest BCUT2D eigenvalue weighted by Gasteiger charge is -2.18. The number of ether oxygens (including phenoxy) is 3. The molecule has 1 atom stereocenters. The predicted molar refractivity (Wildman–Crippen MR) is 348 cm³/mol. The molecule has 80 heavy (non-hydrogen) atoms. The van der Waals surface area contributed by atoms with Gasteiger partial charge in [0.25, 0.3) is 0 Å². The second kappa shape index (κ2) is 68.3. The molecule has 0 heterocycles. The number of carbonyl (C=O) groups excluding carboxylic acids is 3. The molecule has 0 aromatic heterocycles. The normalized spacial score (nSPS) is 12.5. The number of allylic oxidation sites excluding steroid dienone is 12. The summed E-state index contributed by atoms with van der Waals surface area (Å²) < 4.78 is 16.8. The molecule has 0 aliphatic rings. The van der Waals surface area contributed by atoms with Gasteiger partial charge in [0.05, 0.1) is 0 Å². The Hall–Kier alpha value is -3.15. The summed E-state index contributed by atoms with van der Waals surface area (Å²) in [7, 11) is 0. The van der Waals surface area contributed by atoms with Crippen molar-refractivity contribution in [3.63, 3.8) is 0 Å². The first-order valence-corrected chi connectivity index (χ1v) is 34.9. The Balaban J connectivity index is 4.10. The largest absolute Gasteiger partial charge is 0.462 e. The van der Waals surface area contributed by atoms with Crippen molar-refractivity contribution in [2.45, 2.75) is 367 Å². The van der Waals surface area contributed by atoms with Gasteiger partial charge in [0.1, 0.15) is 13.2 Å². The molecule has 0 fully saturated rings. The van der Waals surface area contributed by atoms with Gasteiger partial charge in [-0.3, -0.25) is 14.4 Å². The van der Waals surface area contributed by atoms with Crippen LogP contribution in [0.5, 0.6) is 0 Å². The molecule has 0 aromatic rings. The lowest BCUT2D eigenvalue weighted by atomic mass is 10.0. The Morgan fingerprint density at radius 1 is 0.263 bits per heavy atom. The topological polar surface area (TPSA) is 78.9 Å². The number of hydrogen-bond donors (Lipinski definition) is 0. The Kier molecular flexibility index (Phi) is 65.7. The van der Waals surface area contributed by atoms with E-state index >= 15 is 0 Å². The summed E-state index contributed by atoms with van der Waals surface area (Å²) in [6.07, 6.45) is 89.7. The van der Waals surface area contributed by atoms with Gasteiger partial charge < -0.3 is 14.2 Å².